The Balaban J connectivity index is 1.86. The lowest BCUT2D eigenvalue weighted by Gasteiger charge is -2.20. The molecular weight excluding hydrogens is 350 g/mol. The molecule has 2 aromatic carbocycles. The predicted octanol–water partition coefficient (Wildman–Crippen LogP) is 5.33. The molecule has 26 heavy (non-hydrogen) atoms. The molecule has 3 rings (SSSR count). The van der Waals surface area contributed by atoms with Crippen molar-refractivity contribution >= 4 is 34.9 Å². The van der Waals surface area contributed by atoms with E-state index in [-0.39, 0.29) is 0 Å². The van der Waals surface area contributed by atoms with Crippen LogP contribution in [-0.2, 0) is 0 Å². The molecule has 0 saturated heterocycles. The van der Waals surface area contributed by atoms with Crippen molar-refractivity contribution in [1.29, 1.82) is 0 Å². The first-order valence-corrected chi connectivity index (χ1v) is 9.04. The van der Waals surface area contributed by atoms with E-state index in [0.717, 1.165) is 42.8 Å². The zero-order chi connectivity index (χ0) is 18.4. The number of urea groups is 1. The number of hydrogen-bond acceptors (Lipinski definition) is 3. The number of hydrazone groups is 1. The molecule has 0 aliphatic heterocycles. The number of hydrogen-bond donors (Lipinski definition) is 1. The van der Waals surface area contributed by atoms with Crippen LogP contribution in [0.4, 0.5) is 10.5 Å². The molecule has 2 aromatic rings. The van der Waals surface area contributed by atoms with Crippen molar-refractivity contribution in [1.82, 2.24) is 5.01 Å². The molecule has 1 saturated carbocycles. The Morgan fingerprint density at radius 1 is 0.962 bits per heavy atom. The third-order valence-corrected chi connectivity index (χ3v) is 4.39. The number of rotatable bonds is 3. The number of imide groups is 1. The van der Waals surface area contributed by atoms with E-state index in [1.54, 1.807) is 48.5 Å². The van der Waals surface area contributed by atoms with Gasteiger partial charge < -0.3 is 5.32 Å². The fourth-order valence-electron chi connectivity index (χ4n) is 2.83. The van der Waals surface area contributed by atoms with Crippen LogP contribution in [0.15, 0.2) is 59.7 Å². The van der Waals surface area contributed by atoms with Crippen LogP contribution in [0.2, 0.25) is 5.02 Å². The second-order valence-electron chi connectivity index (χ2n) is 6.15. The monoisotopic (exact) mass is 369 g/mol. The van der Waals surface area contributed by atoms with Crippen LogP contribution >= 0.6 is 11.6 Å². The highest BCUT2D eigenvalue weighted by molar-refractivity contribution is 6.30. The van der Waals surface area contributed by atoms with Gasteiger partial charge in [-0.2, -0.15) is 5.10 Å². The maximum absolute atomic E-state index is 12.8. The average Bonchev–Trinajstić information content (AvgIpc) is 2.67. The van der Waals surface area contributed by atoms with Gasteiger partial charge in [0.1, 0.15) is 0 Å². The number of anilines is 1. The topological polar surface area (TPSA) is 61.8 Å². The van der Waals surface area contributed by atoms with Crippen LogP contribution in [0.5, 0.6) is 0 Å². The smallest absolute Gasteiger partial charge is 0.306 e. The van der Waals surface area contributed by atoms with Crippen molar-refractivity contribution < 1.29 is 9.59 Å². The van der Waals surface area contributed by atoms with Gasteiger partial charge in [0, 0.05) is 22.0 Å². The fraction of sp³-hybridized carbons (Fsp3) is 0.250. The van der Waals surface area contributed by atoms with Gasteiger partial charge >= 0.3 is 6.03 Å². The van der Waals surface area contributed by atoms with E-state index in [9.17, 15) is 9.59 Å². The van der Waals surface area contributed by atoms with Crippen molar-refractivity contribution in [2.24, 2.45) is 5.10 Å². The molecule has 0 radical (unpaired) electrons. The summed E-state index contributed by atoms with van der Waals surface area (Å²) in [7, 11) is 0. The second kappa shape index (κ2) is 8.63. The minimum Gasteiger partial charge on any atom is -0.306 e. The average molecular weight is 370 g/mol. The highest BCUT2D eigenvalue weighted by atomic mass is 35.5. The standard InChI is InChI=1S/C20H20ClN3O2/c21-16-10-7-13-18(14-16)22-20(26)24(23-17-11-5-2-6-12-17)19(25)15-8-3-1-4-9-15/h1,3-4,7-10,13-14H,2,5-6,11-12H2,(H,22,26). The van der Waals surface area contributed by atoms with Crippen molar-refractivity contribution in [3.8, 4) is 0 Å². The van der Waals surface area contributed by atoms with Crippen LogP contribution in [0.25, 0.3) is 0 Å². The first kappa shape index (κ1) is 18.1. The lowest BCUT2D eigenvalue weighted by Crippen LogP contribution is -2.37. The zero-order valence-corrected chi connectivity index (χ0v) is 15.1. The fourth-order valence-corrected chi connectivity index (χ4v) is 3.02. The maximum Gasteiger partial charge on any atom is 0.349 e. The number of halogens is 1. The Bertz CT molecular complexity index is 813. The molecule has 5 nitrogen and oxygen atoms in total. The van der Waals surface area contributed by atoms with E-state index < -0.39 is 11.9 Å². The number of nitrogens with one attached hydrogen (secondary N) is 1. The maximum atomic E-state index is 12.8. The summed E-state index contributed by atoms with van der Waals surface area (Å²) in [6, 6.07) is 14.9. The van der Waals surface area contributed by atoms with Crippen molar-refractivity contribution in [3.05, 3.63) is 65.2 Å². The van der Waals surface area contributed by atoms with Gasteiger partial charge in [0.15, 0.2) is 0 Å². The van der Waals surface area contributed by atoms with Crippen molar-refractivity contribution in [2.45, 2.75) is 32.1 Å². The highest BCUT2D eigenvalue weighted by Gasteiger charge is 2.24. The van der Waals surface area contributed by atoms with Crippen LogP contribution in [0, 0.1) is 0 Å². The number of nitrogens with zero attached hydrogens (tertiary/aromatic N) is 2. The summed E-state index contributed by atoms with van der Waals surface area (Å²) in [5.74, 6) is -0.455. The zero-order valence-electron chi connectivity index (χ0n) is 14.3. The molecule has 1 N–H and O–H groups in total. The van der Waals surface area contributed by atoms with Gasteiger partial charge in [-0.25, -0.2) is 4.79 Å². The Kier molecular flexibility index (Phi) is 6.02. The Morgan fingerprint density at radius 2 is 1.69 bits per heavy atom. The van der Waals surface area contributed by atoms with E-state index >= 15 is 0 Å². The predicted molar refractivity (Wildman–Crippen MR) is 104 cm³/mol. The molecule has 6 heteroatoms. The Hall–Kier alpha value is -2.66. The second-order valence-corrected chi connectivity index (χ2v) is 6.59. The van der Waals surface area contributed by atoms with Gasteiger partial charge in [-0.05, 0) is 56.0 Å². The first-order chi connectivity index (χ1) is 12.6. The lowest BCUT2D eigenvalue weighted by molar-refractivity contribution is 0.0814. The van der Waals surface area contributed by atoms with Gasteiger partial charge in [0.2, 0.25) is 0 Å². The quantitative estimate of drug-likeness (QED) is 0.743. The van der Waals surface area contributed by atoms with Gasteiger partial charge in [0.05, 0.1) is 0 Å². The van der Waals surface area contributed by atoms with Crippen LogP contribution < -0.4 is 5.32 Å². The van der Waals surface area contributed by atoms with Gasteiger partial charge in [-0.1, -0.05) is 42.3 Å². The first-order valence-electron chi connectivity index (χ1n) is 8.66. The Labute approximate surface area is 157 Å². The molecule has 0 bridgehead atoms. The van der Waals surface area contributed by atoms with Crippen LogP contribution in [0.3, 0.4) is 0 Å². The summed E-state index contributed by atoms with van der Waals surface area (Å²) < 4.78 is 0. The molecule has 0 aromatic heterocycles. The van der Waals surface area contributed by atoms with E-state index in [1.165, 1.54) is 0 Å². The summed E-state index contributed by atoms with van der Waals surface area (Å²) in [6.45, 7) is 0. The van der Waals surface area contributed by atoms with Gasteiger partial charge in [-0.3, -0.25) is 4.79 Å². The minimum atomic E-state index is -0.598. The molecule has 0 atom stereocenters. The molecule has 0 spiro atoms. The molecule has 134 valence electrons. The third-order valence-electron chi connectivity index (χ3n) is 4.15. The largest absolute Gasteiger partial charge is 0.349 e. The molecule has 1 fully saturated rings. The molecule has 0 unspecified atom stereocenters. The van der Waals surface area contributed by atoms with E-state index in [0.29, 0.717) is 16.3 Å². The summed E-state index contributed by atoms with van der Waals surface area (Å²) in [6.07, 6.45) is 4.83. The van der Waals surface area contributed by atoms with Crippen LogP contribution in [0.1, 0.15) is 42.5 Å². The van der Waals surface area contributed by atoms with E-state index in [4.69, 9.17) is 11.6 Å². The molecule has 0 heterocycles. The minimum absolute atomic E-state index is 0.411. The number of carbonyl (C=O) groups is 2. The number of amides is 3. The number of carbonyl (C=O) groups excluding carboxylic acids is 2. The van der Waals surface area contributed by atoms with E-state index in [1.807, 2.05) is 6.07 Å². The van der Waals surface area contributed by atoms with Crippen molar-refractivity contribution in [2.75, 3.05) is 5.32 Å². The highest BCUT2D eigenvalue weighted by Crippen LogP contribution is 2.19. The van der Waals surface area contributed by atoms with Gasteiger partial charge in [-0.15, -0.1) is 5.01 Å². The van der Waals surface area contributed by atoms with E-state index in [2.05, 4.69) is 10.4 Å². The normalized spacial score (nSPS) is 13.8. The molecule has 1 aliphatic rings. The summed E-state index contributed by atoms with van der Waals surface area (Å²) in [4.78, 5) is 25.6. The molecule has 3 amide bonds. The third kappa shape index (κ3) is 4.70. The van der Waals surface area contributed by atoms with Crippen LogP contribution in [-0.4, -0.2) is 22.7 Å². The van der Waals surface area contributed by atoms with Gasteiger partial charge in [0.25, 0.3) is 5.91 Å². The van der Waals surface area contributed by atoms with Crippen molar-refractivity contribution in [3.63, 3.8) is 0 Å². The summed E-state index contributed by atoms with van der Waals surface area (Å²) in [5.41, 5.74) is 1.80. The summed E-state index contributed by atoms with van der Waals surface area (Å²) >= 11 is 5.96. The summed E-state index contributed by atoms with van der Waals surface area (Å²) in [5, 5.41) is 8.51. The molecule has 1 aliphatic carbocycles. The molecular formula is C20H20ClN3O2. The Morgan fingerprint density at radius 3 is 2.38 bits per heavy atom. The SMILES string of the molecule is O=C(Nc1cccc(Cl)c1)N(N=C1CCCCC1)C(=O)c1ccccc1. The number of benzene rings is 2. The lowest BCUT2D eigenvalue weighted by atomic mass is 9.99.